The Labute approximate surface area is 213 Å². The smallest absolute Gasteiger partial charge is 0.276 e. The first-order valence-electron chi connectivity index (χ1n) is 12.8. The maximum atomic E-state index is 13.0. The molecule has 0 aromatic heterocycles. The van der Waals surface area contributed by atoms with Gasteiger partial charge in [-0.1, -0.05) is 0 Å². The topological polar surface area (TPSA) is 131 Å². The molecule has 5 aliphatic rings. The van der Waals surface area contributed by atoms with Crippen molar-refractivity contribution in [3.8, 4) is 17.2 Å². The third-order valence-electron chi connectivity index (χ3n) is 8.81. The van der Waals surface area contributed by atoms with E-state index in [1.54, 1.807) is 14.2 Å². The molecule has 7 rings (SSSR count). The summed E-state index contributed by atoms with van der Waals surface area (Å²) in [6, 6.07) is 1.95. The lowest BCUT2D eigenvalue weighted by Gasteiger charge is -2.49. The molecule has 3 saturated heterocycles. The van der Waals surface area contributed by atoms with Gasteiger partial charge in [-0.15, -0.1) is 0 Å². The molecule has 3 N–H and O–H groups in total. The summed E-state index contributed by atoms with van der Waals surface area (Å²) in [5.74, 6) is -1.88. The van der Waals surface area contributed by atoms with Gasteiger partial charge in [0.15, 0.2) is 11.9 Å². The molecule has 4 aliphatic heterocycles. The van der Waals surface area contributed by atoms with Gasteiger partial charge in [-0.05, 0) is 38.3 Å². The number of ketones is 1. The Balaban J connectivity index is 1.49. The second-order valence-corrected chi connectivity index (χ2v) is 10.5. The molecule has 3 fully saturated rings. The number of aromatic hydroxyl groups is 1. The fourth-order valence-electron chi connectivity index (χ4n) is 7.19. The van der Waals surface area contributed by atoms with Crippen LogP contribution in [0.2, 0.25) is 0 Å². The second kappa shape index (κ2) is 7.56. The first kappa shape index (κ1) is 23.6. The molecule has 4 heterocycles. The van der Waals surface area contributed by atoms with Crippen molar-refractivity contribution in [3.05, 3.63) is 28.3 Å². The number of phenolic OH excluding ortho intramolecular Hbond substituents is 1. The minimum Gasteiger partial charge on any atom is -0.506 e. The predicted molar refractivity (Wildman–Crippen MR) is 129 cm³/mol. The number of nitrogens with two attached hydrogens (primary N) is 1. The van der Waals surface area contributed by atoms with Crippen LogP contribution < -0.4 is 15.2 Å². The molecule has 2 aromatic carbocycles. The van der Waals surface area contributed by atoms with E-state index in [0.29, 0.717) is 60.2 Å². The number of hydrogen-bond acceptors (Lipinski definition) is 10. The zero-order valence-corrected chi connectivity index (χ0v) is 21.3. The van der Waals surface area contributed by atoms with E-state index < -0.39 is 35.5 Å². The van der Waals surface area contributed by atoms with Gasteiger partial charge in [0, 0.05) is 36.6 Å². The van der Waals surface area contributed by atoms with Crippen LogP contribution >= 0.6 is 0 Å². The van der Waals surface area contributed by atoms with Gasteiger partial charge in [-0.25, -0.2) is 0 Å². The van der Waals surface area contributed by atoms with Crippen LogP contribution in [0.15, 0.2) is 6.07 Å². The lowest BCUT2D eigenvalue weighted by molar-refractivity contribution is -0.310. The highest BCUT2D eigenvalue weighted by Crippen LogP contribution is 2.71. The number of methoxy groups -OCH3 is 2. The van der Waals surface area contributed by atoms with Gasteiger partial charge in [0.25, 0.3) is 5.79 Å². The van der Waals surface area contributed by atoms with E-state index in [2.05, 4.69) is 0 Å². The van der Waals surface area contributed by atoms with Crippen molar-refractivity contribution in [1.29, 1.82) is 0 Å². The van der Waals surface area contributed by atoms with Crippen molar-refractivity contribution in [2.45, 2.75) is 68.6 Å². The average Bonchev–Trinajstić information content (AvgIpc) is 3.54. The molecule has 2 aromatic rings. The Morgan fingerprint density at radius 1 is 1.27 bits per heavy atom. The Morgan fingerprint density at radius 3 is 2.73 bits per heavy atom. The van der Waals surface area contributed by atoms with Crippen LogP contribution in [-0.4, -0.2) is 74.3 Å². The van der Waals surface area contributed by atoms with Crippen LogP contribution in [0.5, 0.6) is 17.2 Å². The van der Waals surface area contributed by atoms with Gasteiger partial charge >= 0.3 is 0 Å². The maximum absolute atomic E-state index is 13.0. The van der Waals surface area contributed by atoms with Crippen LogP contribution in [0, 0.1) is 6.92 Å². The third-order valence-corrected chi connectivity index (χ3v) is 8.81. The minimum atomic E-state index is -1.36. The van der Waals surface area contributed by atoms with E-state index in [0.717, 1.165) is 16.7 Å². The van der Waals surface area contributed by atoms with E-state index in [4.69, 9.17) is 38.9 Å². The van der Waals surface area contributed by atoms with Gasteiger partial charge in [0.1, 0.15) is 29.5 Å². The number of phenols is 1. The number of benzene rings is 2. The zero-order chi connectivity index (χ0) is 25.9. The largest absolute Gasteiger partial charge is 0.506 e. The van der Waals surface area contributed by atoms with Crippen LogP contribution in [0.3, 0.4) is 0 Å². The lowest BCUT2D eigenvalue weighted by Crippen LogP contribution is -2.69. The Bertz CT molecular complexity index is 1350. The fourth-order valence-corrected chi connectivity index (χ4v) is 7.19. The highest BCUT2D eigenvalue weighted by Gasteiger charge is 2.92. The lowest BCUT2D eigenvalue weighted by atomic mass is 9.77. The number of hydrogen-bond donors (Lipinski definition) is 2. The molecule has 198 valence electrons. The summed E-state index contributed by atoms with van der Waals surface area (Å²) in [6.45, 7) is 4.79. The fraction of sp³-hybridized carbons (Fsp3) is 0.593. The number of Topliss-reactive ketones (excluding diaryl/α,β-unsaturated/α-hetero) is 1. The maximum Gasteiger partial charge on any atom is 0.276 e. The van der Waals surface area contributed by atoms with Gasteiger partial charge in [-0.3, -0.25) is 4.79 Å². The molecule has 37 heavy (non-hydrogen) atoms. The highest BCUT2D eigenvalue weighted by atomic mass is 16.9. The molecular weight excluding hydrogens is 482 g/mol. The molecule has 2 bridgehead atoms. The predicted octanol–water partition coefficient (Wildman–Crippen LogP) is 2.42. The second-order valence-electron chi connectivity index (χ2n) is 10.5. The van der Waals surface area contributed by atoms with Crippen molar-refractivity contribution in [3.63, 3.8) is 0 Å². The zero-order valence-electron chi connectivity index (χ0n) is 21.3. The van der Waals surface area contributed by atoms with E-state index in [1.165, 1.54) is 0 Å². The van der Waals surface area contributed by atoms with Gasteiger partial charge < -0.3 is 44.0 Å². The van der Waals surface area contributed by atoms with Gasteiger partial charge in [0.2, 0.25) is 11.4 Å². The summed E-state index contributed by atoms with van der Waals surface area (Å²) in [5.41, 5.74) is 7.24. The summed E-state index contributed by atoms with van der Waals surface area (Å²) in [6.07, 6.45) is -0.0172. The Kier molecular flexibility index (Phi) is 4.83. The number of rotatable bonds is 6. The van der Waals surface area contributed by atoms with Crippen LogP contribution in [0.1, 0.15) is 52.9 Å². The van der Waals surface area contributed by atoms with E-state index in [-0.39, 0.29) is 18.1 Å². The molecule has 1 spiro atoms. The first-order valence-corrected chi connectivity index (χ1v) is 12.8. The summed E-state index contributed by atoms with van der Waals surface area (Å²) < 4.78 is 44.1. The SMILES string of the molecule is COc1c2c(c(O)c3c4c(c(C)cc13)C1OC3(C(C)OCCN)OC1[C@@](OC)(O4)[C@@]31CO1)C(=O)CCC2. The number of aryl methyl sites for hydroxylation is 1. The van der Waals surface area contributed by atoms with Crippen molar-refractivity contribution in [1.82, 2.24) is 0 Å². The number of fused-ring (bicyclic) bond motifs is 8. The van der Waals surface area contributed by atoms with E-state index in [1.807, 2.05) is 19.9 Å². The quantitative estimate of drug-likeness (QED) is 0.555. The molecule has 1 aliphatic carbocycles. The van der Waals surface area contributed by atoms with Gasteiger partial charge in [-0.2, -0.15) is 0 Å². The Morgan fingerprint density at radius 2 is 2.05 bits per heavy atom. The summed E-state index contributed by atoms with van der Waals surface area (Å²) in [7, 11) is 3.13. The van der Waals surface area contributed by atoms with Gasteiger partial charge in [0.05, 0.1) is 31.3 Å². The molecule has 10 nitrogen and oxygen atoms in total. The number of carbonyl (C=O) groups excluding carboxylic acids is 1. The first-order chi connectivity index (χ1) is 17.8. The van der Waals surface area contributed by atoms with Crippen molar-refractivity contribution in [2.24, 2.45) is 5.73 Å². The molecule has 4 unspecified atom stereocenters. The molecular formula is C27H31NO9. The van der Waals surface area contributed by atoms with E-state index in [9.17, 15) is 9.90 Å². The van der Waals surface area contributed by atoms with Crippen molar-refractivity contribution < 1.29 is 43.1 Å². The molecule has 0 radical (unpaired) electrons. The number of carbonyl (C=O) groups is 1. The van der Waals surface area contributed by atoms with Crippen molar-refractivity contribution >= 4 is 16.6 Å². The van der Waals surface area contributed by atoms with Crippen LogP contribution in [-0.2, 0) is 30.1 Å². The van der Waals surface area contributed by atoms with Crippen LogP contribution in [0.25, 0.3) is 10.8 Å². The Hall–Kier alpha value is -2.47. The monoisotopic (exact) mass is 513 g/mol. The molecule has 6 atom stereocenters. The van der Waals surface area contributed by atoms with Crippen LogP contribution in [0.4, 0.5) is 0 Å². The van der Waals surface area contributed by atoms with E-state index >= 15 is 0 Å². The molecule has 0 saturated carbocycles. The minimum absolute atomic E-state index is 0.105. The standard InChI is InChI=1S/C27H31NO9/c1-12-10-15-19(20(30)18-14(21(15)31-3)6-5-7-16(18)29)22-17(12)23-24-27(32-4,35-22)25(11-34-25)26(36-23,37-24)13(2)33-9-8-28/h10,13,23-24,30H,5-9,11,28H2,1-4H3/t13?,23?,24?,25-,26?,27-/m1/s1. The number of epoxide rings is 1. The molecule has 10 heteroatoms. The summed E-state index contributed by atoms with van der Waals surface area (Å²) in [4.78, 5) is 13.0. The van der Waals surface area contributed by atoms with Crippen molar-refractivity contribution in [2.75, 3.05) is 34.0 Å². The number of ether oxygens (including phenoxy) is 7. The third kappa shape index (κ3) is 2.54. The average molecular weight is 514 g/mol. The highest BCUT2D eigenvalue weighted by molar-refractivity contribution is 6.11. The summed E-state index contributed by atoms with van der Waals surface area (Å²) in [5, 5.41) is 12.6. The summed E-state index contributed by atoms with van der Waals surface area (Å²) >= 11 is 0. The normalized spacial score (nSPS) is 35.4. The molecule has 0 amide bonds.